The number of carbonyl (C=O) groups excluding carboxylic acids is 3. The molecule has 1 aliphatic rings. The highest BCUT2D eigenvalue weighted by atomic mass is 79.9. The molecule has 3 aromatic rings. The molecule has 0 radical (unpaired) electrons. The van der Waals surface area contributed by atoms with Crippen molar-refractivity contribution in [2.75, 3.05) is 13.1 Å². The lowest BCUT2D eigenvalue weighted by atomic mass is 10.0. The monoisotopic (exact) mass is 655 g/mol. The number of aliphatic hydroxyl groups excluding tert-OH is 1. The van der Waals surface area contributed by atoms with Gasteiger partial charge in [0.1, 0.15) is 6.04 Å². The maximum Gasteiger partial charge on any atom is 0.262 e. The average molecular weight is 657 g/mol. The minimum absolute atomic E-state index is 0.0431. The van der Waals surface area contributed by atoms with Crippen LogP contribution in [0.15, 0.2) is 88.2 Å². The zero-order chi connectivity index (χ0) is 30.6. The molecule has 11 heteroatoms. The summed E-state index contributed by atoms with van der Waals surface area (Å²) in [5, 5.41) is 14.3. The van der Waals surface area contributed by atoms with Gasteiger partial charge in [0.05, 0.1) is 28.2 Å². The minimum atomic E-state index is -3.98. The van der Waals surface area contributed by atoms with Crippen molar-refractivity contribution < 1.29 is 27.9 Å². The maximum atomic E-state index is 13.6. The summed E-state index contributed by atoms with van der Waals surface area (Å²) >= 11 is 3.32. The van der Waals surface area contributed by atoms with Gasteiger partial charge in [-0.2, -0.15) is 4.31 Å². The second-order valence-electron chi connectivity index (χ2n) is 10.7. The van der Waals surface area contributed by atoms with E-state index in [0.29, 0.717) is 0 Å². The highest BCUT2D eigenvalue weighted by Crippen LogP contribution is 2.25. The van der Waals surface area contributed by atoms with Gasteiger partial charge in [-0.15, -0.1) is 0 Å². The Balaban J connectivity index is 1.58. The van der Waals surface area contributed by atoms with Gasteiger partial charge in [-0.05, 0) is 61.2 Å². The molecule has 0 fully saturated rings. The third kappa shape index (κ3) is 6.97. The van der Waals surface area contributed by atoms with Gasteiger partial charge in [-0.25, -0.2) is 8.42 Å². The number of carbonyl (C=O) groups is 3. The Labute approximate surface area is 254 Å². The molecule has 4 rings (SSSR count). The topological polar surface area (TPSA) is 124 Å². The van der Waals surface area contributed by atoms with Crippen LogP contribution in [0.2, 0.25) is 0 Å². The van der Waals surface area contributed by atoms with Crippen LogP contribution in [0.5, 0.6) is 0 Å². The lowest BCUT2D eigenvalue weighted by molar-refractivity contribution is -0.126. The van der Waals surface area contributed by atoms with Crippen LogP contribution in [0.3, 0.4) is 0 Å². The largest absolute Gasteiger partial charge is 0.390 e. The Morgan fingerprint density at radius 1 is 0.881 bits per heavy atom. The molecule has 0 saturated carbocycles. The zero-order valence-electron chi connectivity index (χ0n) is 23.6. The Hall–Kier alpha value is -3.38. The molecule has 3 atom stereocenters. The van der Waals surface area contributed by atoms with E-state index in [2.05, 4.69) is 21.2 Å². The second kappa shape index (κ2) is 13.3. The molecule has 3 aromatic carbocycles. The molecule has 0 saturated heterocycles. The molecule has 42 heavy (non-hydrogen) atoms. The summed E-state index contributed by atoms with van der Waals surface area (Å²) in [6.07, 6.45) is -1.12. The van der Waals surface area contributed by atoms with Crippen molar-refractivity contribution in [1.82, 2.24) is 14.5 Å². The van der Waals surface area contributed by atoms with E-state index in [1.165, 1.54) is 35.5 Å². The summed E-state index contributed by atoms with van der Waals surface area (Å²) in [4.78, 5) is 40.4. The molecule has 1 heterocycles. The Kier molecular flexibility index (Phi) is 9.98. The van der Waals surface area contributed by atoms with Gasteiger partial charge in [-0.3, -0.25) is 19.3 Å². The van der Waals surface area contributed by atoms with Gasteiger partial charge in [0, 0.05) is 17.6 Å². The average Bonchev–Trinajstić information content (AvgIpc) is 3.21. The van der Waals surface area contributed by atoms with Crippen molar-refractivity contribution in [1.29, 1.82) is 0 Å². The maximum absolute atomic E-state index is 13.6. The molecule has 0 spiro atoms. The van der Waals surface area contributed by atoms with Crippen LogP contribution in [0.1, 0.15) is 47.1 Å². The lowest BCUT2D eigenvalue weighted by Gasteiger charge is -2.32. The Bertz CT molecular complexity index is 1510. The number of amides is 3. The quantitative estimate of drug-likeness (QED) is 0.286. The SMILES string of the molecule is CC(C)CN(C[C@@H](O)[C@H](Cc1ccccc1)NC(=O)[C@H](C)N1C(=O)c2ccccc2C1=O)S(=O)(=O)c1ccc(Br)cc1. The Morgan fingerprint density at radius 3 is 1.98 bits per heavy atom. The molecule has 222 valence electrons. The second-order valence-corrected chi connectivity index (χ2v) is 13.6. The summed E-state index contributed by atoms with van der Waals surface area (Å²) in [6.45, 7) is 5.07. The van der Waals surface area contributed by atoms with Crippen molar-refractivity contribution in [3.8, 4) is 0 Å². The van der Waals surface area contributed by atoms with Crippen LogP contribution in [0.4, 0.5) is 0 Å². The van der Waals surface area contributed by atoms with Crippen LogP contribution >= 0.6 is 15.9 Å². The number of imide groups is 1. The molecule has 0 bridgehead atoms. The summed E-state index contributed by atoms with van der Waals surface area (Å²) in [7, 11) is -3.98. The summed E-state index contributed by atoms with van der Waals surface area (Å²) in [5.74, 6) is -1.82. The first kappa shape index (κ1) is 31.6. The molecule has 0 aromatic heterocycles. The third-order valence-electron chi connectivity index (χ3n) is 7.09. The molecular weight excluding hydrogens is 622 g/mol. The molecule has 2 N–H and O–H groups in total. The van der Waals surface area contributed by atoms with Gasteiger partial charge in [0.15, 0.2) is 0 Å². The molecule has 3 amide bonds. The fourth-order valence-electron chi connectivity index (χ4n) is 4.90. The van der Waals surface area contributed by atoms with E-state index in [0.717, 1.165) is 14.9 Å². The van der Waals surface area contributed by atoms with E-state index in [1.54, 1.807) is 24.3 Å². The van der Waals surface area contributed by atoms with Crippen LogP contribution in [0, 0.1) is 5.92 Å². The first-order chi connectivity index (χ1) is 19.9. The van der Waals surface area contributed by atoms with Crippen molar-refractivity contribution in [2.24, 2.45) is 5.92 Å². The first-order valence-electron chi connectivity index (χ1n) is 13.6. The van der Waals surface area contributed by atoms with Crippen molar-refractivity contribution in [3.05, 3.63) is 100 Å². The van der Waals surface area contributed by atoms with Crippen molar-refractivity contribution >= 4 is 43.7 Å². The van der Waals surface area contributed by atoms with Crippen LogP contribution in [0.25, 0.3) is 0 Å². The van der Waals surface area contributed by atoms with Crippen LogP contribution in [-0.4, -0.2) is 71.7 Å². The normalized spacial score (nSPS) is 15.5. The lowest BCUT2D eigenvalue weighted by Crippen LogP contribution is -2.55. The van der Waals surface area contributed by atoms with E-state index >= 15 is 0 Å². The molecular formula is C31H34BrN3O6S. The van der Waals surface area contributed by atoms with E-state index < -0.39 is 45.9 Å². The highest BCUT2D eigenvalue weighted by Gasteiger charge is 2.41. The predicted octanol–water partition coefficient (Wildman–Crippen LogP) is 3.87. The number of aliphatic hydroxyl groups is 1. The molecule has 0 aliphatic carbocycles. The van der Waals surface area contributed by atoms with Crippen molar-refractivity contribution in [3.63, 3.8) is 0 Å². The van der Waals surface area contributed by atoms with Crippen LogP contribution < -0.4 is 5.32 Å². The van der Waals surface area contributed by atoms with E-state index in [1.807, 2.05) is 44.2 Å². The number of rotatable bonds is 12. The Morgan fingerprint density at radius 2 is 1.43 bits per heavy atom. The number of hydrogen-bond acceptors (Lipinski definition) is 6. The summed E-state index contributed by atoms with van der Waals surface area (Å²) < 4.78 is 29.2. The minimum Gasteiger partial charge on any atom is -0.390 e. The predicted molar refractivity (Wildman–Crippen MR) is 162 cm³/mol. The molecule has 0 unspecified atom stereocenters. The number of benzene rings is 3. The van der Waals surface area contributed by atoms with Crippen LogP contribution in [-0.2, 0) is 21.2 Å². The number of nitrogens with zero attached hydrogens (tertiary/aromatic N) is 2. The summed E-state index contributed by atoms with van der Waals surface area (Å²) in [6, 6.07) is 19.7. The number of sulfonamides is 1. The first-order valence-corrected chi connectivity index (χ1v) is 15.9. The van der Waals surface area contributed by atoms with E-state index in [-0.39, 0.29) is 41.5 Å². The van der Waals surface area contributed by atoms with E-state index in [4.69, 9.17) is 0 Å². The van der Waals surface area contributed by atoms with E-state index in [9.17, 15) is 27.9 Å². The highest BCUT2D eigenvalue weighted by molar-refractivity contribution is 9.10. The zero-order valence-corrected chi connectivity index (χ0v) is 26.0. The fourth-order valence-corrected chi connectivity index (χ4v) is 6.79. The third-order valence-corrected chi connectivity index (χ3v) is 9.47. The number of fused-ring (bicyclic) bond motifs is 1. The summed E-state index contributed by atoms with van der Waals surface area (Å²) in [5.41, 5.74) is 1.26. The molecule has 9 nitrogen and oxygen atoms in total. The number of hydrogen-bond donors (Lipinski definition) is 2. The standard InChI is InChI=1S/C31H34BrN3O6S/c1-20(2)18-34(42(40,41)24-15-13-23(32)14-16-24)19-28(36)27(17-22-9-5-4-6-10-22)33-29(37)21(3)35-30(38)25-11-7-8-12-26(25)31(35)39/h4-16,20-21,27-28,36H,17-19H2,1-3H3,(H,33,37)/t21-,27-,28+/m0/s1. The van der Waals surface area contributed by atoms with Gasteiger partial charge in [0.2, 0.25) is 15.9 Å². The van der Waals surface area contributed by atoms with Gasteiger partial charge in [0.25, 0.3) is 11.8 Å². The van der Waals surface area contributed by atoms with Gasteiger partial charge in [-0.1, -0.05) is 72.2 Å². The van der Waals surface area contributed by atoms with Gasteiger partial charge < -0.3 is 10.4 Å². The fraction of sp³-hybridized carbons (Fsp3) is 0.323. The van der Waals surface area contributed by atoms with Crippen molar-refractivity contribution in [2.45, 2.75) is 50.3 Å². The number of nitrogens with one attached hydrogen (secondary N) is 1. The number of halogens is 1. The van der Waals surface area contributed by atoms with Gasteiger partial charge >= 0.3 is 0 Å². The smallest absolute Gasteiger partial charge is 0.262 e. The molecule has 1 aliphatic heterocycles.